The molecule has 2 unspecified atom stereocenters. The van der Waals surface area contributed by atoms with E-state index in [1.54, 1.807) is 81.4 Å². The Labute approximate surface area is 416 Å². The van der Waals surface area contributed by atoms with Crippen LogP contribution in [0.5, 0.6) is 0 Å². The molecule has 3 aromatic rings. The summed E-state index contributed by atoms with van der Waals surface area (Å²) in [7, 11) is 0. The van der Waals surface area contributed by atoms with Crippen molar-refractivity contribution in [2.24, 2.45) is 16.7 Å². The molecule has 2 bridgehead atoms. The maximum Gasteiger partial charge on any atom is 0.350 e. The molecule has 71 heavy (non-hydrogen) atoms. The van der Waals surface area contributed by atoms with Crippen LogP contribution in [0.1, 0.15) is 106 Å². The molecular weight excluding hydrogens is 942 g/mol. The highest BCUT2D eigenvalue weighted by atomic mass is 32.1. The van der Waals surface area contributed by atoms with Crippen molar-refractivity contribution in [3.05, 3.63) is 119 Å². The van der Waals surface area contributed by atoms with E-state index in [1.807, 2.05) is 0 Å². The number of hydrogen-bond donors (Lipinski definition) is 3. The molecule has 7 rings (SSSR count). The van der Waals surface area contributed by atoms with Gasteiger partial charge < -0.3 is 43.6 Å². The van der Waals surface area contributed by atoms with Crippen molar-refractivity contribution in [1.82, 2.24) is 5.32 Å². The molecule has 3 aliphatic carbocycles. The van der Waals surface area contributed by atoms with Gasteiger partial charge in [0.15, 0.2) is 17.5 Å². The second kappa shape index (κ2) is 21.0. The van der Waals surface area contributed by atoms with Crippen LogP contribution in [0.25, 0.3) is 0 Å². The number of nitrogens with one attached hydrogen (secondary N) is 1. The van der Waals surface area contributed by atoms with Gasteiger partial charge in [-0.05, 0) is 67.0 Å². The van der Waals surface area contributed by atoms with E-state index in [0.29, 0.717) is 5.56 Å². The molecule has 0 radical (unpaired) electrons. The van der Waals surface area contributed by atoms with Gasteiger partial charge in [-0.15, -0.1) is 0 Å². The predicted octanol–water partition coefficient (Wildman–Crippen LogP) is 6.18. The Hall–Kier alpha value is -5.95. The molecule has 18 heteroatoms. The van der Waals surface area contributed by atoms with E-state index in [1.165, 1.54) is 32.9 Å². The number of carbonyl (C=O) groups is 7. The van der Waals surface area contributed by atoms with E-state index in [4.69, 9.17) is 33.2 Å². The van der Waals surface area contributed by atoms with Crippen molar-refractivity contribution in [1.29, 1.82) is 0 Å². The lowest BCUT2D eigenvalue weighted by Crippen LogP contribution is -2.82. The SMILES string of the molecule is CCC(=O)O[C@H]1C(=O)[C@@]2(C)C(C(OC(=O)c3ccc(F)cc3)[C@]3(O)C[C@H](OC(=O)[C@H](OC(=O)CC)[C@@H](NC(=O)c4ccccc4)c4ccccc4)C(C)=C1C3(C)C)[C@]1(OC(C)=O)CO[C@@H]1C[C@@H]2OCCS. The molecule has 1 aliphatic heterocycles. The molecule has 4 aliphatic rings. The van der Waals surface area contributed by atoms with E-state index in [0.717, 1.165) is 19.1 Å². The average Bonchev–Trinajstić information content (AvgIpc) is 3.34. The normalized spacial score (nSPS) is 29.2. The number of halogens is 1. The van der Waals surface area contributed by atoms with E-state index in [-0.39, 0.29) is 60.5 Å². The number of benzene rings is 3. The number of hydrogen-bond acceptors (Lipinski definition) is 16. The van der Waals surface area contributed by atoms with Crippen LogP contribution in [0.15, 0.2) is 96.1 Å². The molecule has 380 valence electrons. The first-order valence-corrected chi connectivity index (χ1v) is 24.3. The Bertz CT molecular complexity index is 2560. The van der Waals surface area contributed by atoms with Gasteiger partial charge in [-0.25, -0.2) is 14.0 Å². The monoisotopic (exact) mass is 1000 g/mol. The first-order chi connectivity index (χ1) is 33.7. The molecule has 11 atom stereocenters. The van der Waals surface area contributed by atoms with Crippen molar-refractivity contribution in [2.45, 2.75) is 128 Å². The molecule has 1 heterocycles. The van der Waals surface area contributed by atoms with Crippen LogP contribution < -0.4 is 5.32 Å². The number of thiol groups is 1. The minimum atomic E-state index is -2.47. The standard InChI is InChI=1S/C53H60FNO15S/c1-8-38(57)67-42-40-29(3)35(66-49(62)43(68-39(58)9-2)41(31-16-12-10-13-17-31)55-47(60)32-18-14-11-15-19-32)27-53(63,50(40,5)6)46(69-48(61)33-20-22-34(54)23-21-33)44-51(7,45(42)59)36(64-24-25-71)26-37-52(44,28-65-37)70-30(4)56/h10-23,35-37,41-44,46,63,71H,8-9,24-28H2,1-7H3,(H,55,60)/t35-,36-,37+,41-,42+,43+,44?,46?,51+,52-,53+/m0/s1. The zero-order chi connectivity index (χ0) is 51.6. The van der Waals surface area contributed by atoms with Crippen molar-refractivity contribution in [3.8, 4) is 0 Å². The summed E-state index contributed by atoms with van der Waals surface area (Å²) in [5, 5.41) is 16.9. The summed E-state index contributed by atoms with van der Waals surface area (Å²) >= 11 is 4.36. The first kappa shape index (κ1) is 52.9. The summed E-state index contributed by atoms with van der Waals surface area (Å²) in [5.74, 6) is -8.06. The molecular formula is C53H60FNO15S. The van der Waals surface area contributed by atoms with Crippen LogP contribution in [0, 0.1) is 22.6 Å². The number of amides is 1. The maximum atomic E-state index is 16.2. The van der Waals surface area contributed by atoms with Crippen LogP contribution in [0.2, 0.25) is 0 Å². The first-order valence-electron chi connectivity index (χ1n) is 23.7. The summed E-state index contributed by atoms with van der Waals surface area (Å²) in [6.07, 6.45) is -10.2. The van der Waals surface area contributed by atoms with Crippen LogP contribution in [0.3, 0.4) is 0 Å². The lowest BCUT2D eigenvalue weighted by Gasteiger charge is -2.67. The third-order valence-corrected chi connectivity index (χ3v) is 14.9. The Morgan fingerprint density at radius 1 is 0.873 bits per heavy atom. The fourth-order valence-electron chi connectivity index (χ4n) is 11.0. The van der Waals surface area contributed by atoms with Gasteiger partial charge in [0.1, 0.15) is 35.8 Å². The largest absolute Gasteiger partial charge is 0.455 e. The number of rotatable bonds is 16. The Kier molecular flexibility index (Phi) is 15.7. The summed E-state index contributed by atoms with van der Waals surface area (Å²) < 4.78 is 57.9. The fraction of sp³-hybridized carbons (Fsp3) is 0.491. The van der Waals surface area contributed by atoms with Gasteiger partial charge in [-0.2, -0.15) is 12.6 Å². The highest BCUT2D eigenvalue weighted by molar-refractivity contribution is 7.80. The predicted molar refractivity (Wildman–Crippen MR) is 254 cm³/mol. The highest BCUT2D eigenvalue weighted by Gasteiger charge is 2.78. The van der Waals surface area contributed by atoms with Gasteiger partial charge >= 0.3 is 29.8 Å². The number of esters is 5. The van der Waals surface area contributed by atoms with Gasteiger partial charge in [0, 0.05) is 49.3 Å². The van der Waals surface area contributed by atoms with Crippen molar-refractivity contribution in [2.75, 3.05) is 19.0 Å². The molecule has 2 N–H and O–H groups in total. The second-order valence-electron chi connectivity index (χ2n) is 19.1. The molecule has 2 saturated carbocycles. The molecule has 1 amide bonds. The number of aliphatic hydroxyl groups is 1. The zero-order valence-electron chi connectivity index (χ0n) is 40.6. The van der Waals surface area contributed by atoms with Crippen LogP contribution >= 0.6 is 12.6 Å². The summed E-state index contributed by atoms with van der Waals surface area (Å²) in [4.78, 5) is 99.9. The minimum absolute atomic E-state index is 0.00101. The van der Waals surface area contributed by atoms with Crippen LogP contribution in [0.4, 0.5) is 4.39 Å². The topological polar surface area (TPSA) is 216 Å². The molecule has 3 aromatic carbocycles. The second-order valence-corrected chi connectivity index (χ2v) is 19.6. The zero-order valence-corrected chi connectivity index (χ0v) is 41.5. The Morgan fingerprint density at radius 3 is 2.08 bits per heavy atom. The van der Waals surface area contributed by atoms with Crippen molar-refractivity contribution < 1.29 is 76.2 Å². The molecule has 0 aromatic heterocycles. The maximum absolute atomic E-state index is 16.2. The minimum Gasteiger partial charge on any atom is -0.455 e. The molecule has 3 fully saturated rings. The lowest BCUT2D eigenvalue weighted by molar-refractivity contribution is -0.348. The number of Topliss-reactive ketones (excluding diaryl/α,β-unsaturated/α-hetero) is 1. The van der Waals surface area contributed by atoms with E-state index in [2.05, 4.69) is 17.9 Å². The quantitative estimate of drug-likeness (QED) is 0.0632. The van der Waals surface area contributed by atoms with Gasteiger partial charge in [-0.1, -0.05) is 76.2 Å². The van der Waals surface area contributed by atoms with Gasteiger partial charge in [0.25, 0.3) is 5.91 Å². The van der Waals surface area contributed by atoms with Gasteiger partial charge in [0.05, 0.1) is 36.2 Å². The lowest BCUT2D eigenvalue weighted by atomic mass is 9.44. The highest BCUT2D eigenvalue weighted by Crippen LogP contribution is 2.65. The van der Waals surface area contributed by atoms with Crippen LogP contribution in [-0.4, -0.2) is 113 Å². The number of ketones is 1. The van der Waals surface area contributed by atoms with E-state index >= 15 is 9.59 Å². The van der Waals surface area contributed by atoms with Gasteiger partial charge in [0.2, 0.25) is 6.10 Å². The van der Waals surface area contributed by atoms with Crippen molar-refractivity contribution >= 4 is 54.2 Å². The number of ether oxygens (including phenoxy) is 7. The Balaban J connectivity index is 1.46. The fourth-order valence-corrected chi connectivity index (χ4v) is 11.1. The third-order valence-electron chi connectivity index (χ3n) is 14.7. The van der Waals surface area contributed by atoms with E-state index < -0.39 is 124 Å². The summed E-state index contributed by atoms with van der Waals surface area (Å²) in [6, 6.07) is 19.5. The molecule has 0 spiro atoms. The van der Waals surface area contributed by atoms with Crippen molar-refractivity contribution in [3.63, 3.8) is 0 Å². The van der Waals surface area contributed by atoms with E-state index in [9.17, 15) is 33.5 Å². The van der Waals surface area contributed by atoms with Crippen LogP contribution in [-0.2, 0) is 57.1 Å². The average molecular weight is 1000 g/mol. The summed E-state index contributed by atoms with van der Waals surface area (Å²) in [6.45, 7) is 10.1. The third kappa shape index (κ3) is 9.75. The summed E-state index contributed by atoms with van der Waals surface area (Å²) in [5.41, 5.74) is -7.35. The molecule has 1 saturated heterocycles. The number of fused-ring (bicyclic) bond motifs is 5. The Morgan fingerprint density at radius 2 is 1.51 bits per heavy atom. The smallest absolute Gasteiger partial charge is 0.350 e. The molecule has 16 nitrogen and oxygen atoms in total. The number of carbonyl (C=O) groups excluding carboxylic acids is 7. The van der Waals surface area contributed by atoms with Gasteiger partial charge in [-0.3, -0.25) is 24.0 Å².